The molecular formula is C16H29NO2. The van der Waals surface area contributed by atoms with E-state index in [1.807, 2.05) is 0 Å². The number of rotatable bonds is 8. The molecule has 1 atom stereocenters. The third kappa shape index (κ3) is 10.5. The van der Waals surface area contributed by atoms with Gasteiger partial charge in [-0.2, -0.15) is 0 Å². The predicted molar refractivity (Wildman–Crippen MR) is 77.4 cm³/mol. The fourth-order valence-electron chi connectivity index (χ4n) is 2.17. The van der Waals surface area contributed by atoms with Crippen molar-refractivity contribution in [3.8, 4) is 0 Å². The second-order valence-corrected chi connectivity index (χ2v) is 4.98. The number of hydrogen-bond acceptors (Lipinski definition) is 2. The van der Waals surface area contributed by atoms with E-state index in [1.54, 1.807) is 10.6 Å². The fraction of sp³-hybridized carbons (Fsp3) is 0.688. The van der Waals surface area contributed by atoms with Crippen molar-refractivity contribution in [3.05, 3.63) is 24.0 Å². The van der Waals surface area contributed by atoms with Crippen LogP contribution in [0.3, 0.4) is 0 Å². The van der Waals surface area contributed by atoms with Gasteiger partial charge in [-0.15, -0.1) is 0 Å². The molecule has 1 aliphatic rings. The highest BCUT2D eigenvalue weighted by Gasteiger charge is 2.14. The monoisotopic (exact) mass is 267 g/mol. The minimum atomic E-state index is -1.08. The lowest BCUT2D eigenvalue weighted by molar-refractivity contribution is -0.804. The van der Waals surface area contributed by atoms with Crippen LogP contribution < -0.4 is 10.0 Å². The molecule has 0 aromatic heterocycles. The normalized spacial score (nSPS) is 16.8. The smallest absolute Gasteiger partial charge is 0.112 e. The summed E-state index contributed by atoms with van der Waals surface area (Å²) >= 11 is 0. The van der Waals surface area contributed by atoms with Gasteiger partial charge in [0.25, 0.3) is 0 Å². The van der Waals surface area contributed by atoms with E-state index in [2.05, 4.69) is 32.2 Å². The van der Waals surface area contributed by atoms with Crippen LogP contribution in [0.1, 0.15) is 65.7 Å². The van der Waals surface area contributed by atoms with E-state index in [0.29, 0.717) is 0 Å². The van der Waals surface area contributed by atoms with Crippen LogP contribution in [0.5, 0.6) is 0 Å². The molecule has 3 heteroatoms. The Labute approximate surface area is 118 Å². The first-order valence-corrected chi connectivity index (χ1v) is 7.52. The first-order chi connectivity index (χ1) is 9.11. The number of carbonyl (C=O) groups is 1. The molecular weight excluding hydrogens is 238 g/mol. The van der Waals surface area contributed by atoms with E-state index in [0.717, 1.165) is 6.92 Å². The summed E-state index contributed by atoms with van der Waals surface area (Å²) in [6.07, 6.45) is 16.3. The molecule has 0 amide bonds. The van der Waals surface area contributed by atoms with Gasteiger partial charge in [0.05, 0.1) is 12.7 Å². The molecule has 110 valence electrons. The first-order valence-electron chi connectivity index (χ1n) is 7.52. The van der Waals surface area contributed by atoms with Crippen LogP contribution in [-0.4, -0.2) is 12.5 Å². The van der Waals surface area contributed by atoms with Crippen LogP contribution in [0, 0.1) is 0 Å². The van der Waals surface area contributed by atoms with Crippen LogP contribution in [0.2, 0.25) is 0 Å². The second kappa shape index (κ2) is 12.0. The minimum absolute atomic E-state index is 0.972. The molecule has 19 heavy (non-hydrogen) atoms. The van der Waals surface area contributed by atoms with Crippen LogP contribution in [0.4, 0.5) is 0 Å². The Morgan fingerprint density at radius 2 is 1.79 bits per heavy atom. The summed E-state index contributed by atoms with van der Waals surface area (Å²) in [5.41, 5.74) is 1.59. The number of hydrogen-bond donors (Lipinski definition) is 1. The second-order valence-electron chi connectivity index (χ2n) is 4.98. The largest absolute Gasteiger partial charge is 0.550 e. The Hall–Kier alpha value is -1.09. The molecule has 0 aliphatic carbocycles. The SMILES string of the molecule is CC(=O)[O-].CCCCCCC[NH+]1C=CC=C1CCC. The van der Waals surface area contributed by atoms with Gasteiger partial charge in [-0.05, 0) is 32.3 Å². The van der Waals surface area contributed by atoms with Crippen LogP contribution in [0.15, 0.2) is 24.0 Å². The highest BCUT2D eigenvalue weighted by atomic mass is 16.4. The van der Waals surface area contributed by atoms with Crippen LogP contribution >= 0.6 is 0 Å². The molecule has 0 aromatic carbocycles. The number of unbranched alkanes of at least 4 members (excludes halogenated alkanes) is 4. The van der Waals surface area contributed by atoms with E-state index >= 15 is 0 Å². The van der Waals surface area contributed by atoms with Gasteiger partial charge in [0.2, 0.25) is 0 Å². The summed E-state index contributed by atoms with van der Waals surface area (Å²) in [6, 6.07) is 0. The highest BCUT2D eigenvalue weighted by Crippen LogP contribution is 2.04. The van der Waals surface area contributed by atoms with Crippen molar-refractivity contribution in [2.24, 2.45) is 0 Å². The van der Waals surface area contributed by atoms with Gasteiger partial charge in [0.1, 0.15) is 5.70 Å². The van der Waals surface area contributed by atoms with Gasteiger partial charge in [-0.3, -0.25) is 4.90 Å². The molecule has 0 fully saturated rings. The molecule has 1 aliphatic heterocycles. The first kappa shape index (κ1) is 17.9. The van der Waals surface area contributed by atoms with Gasteiger partial charge in [0.15, 0.2) is 0 Å². The molecule has 0 saturated carbocycles. The van der Waals surface area contributed by atoms with Crippen LogP contribution in [-0.2, 0) is 4.79 Å². The lowest BCUT2D eigenvalue weighted by Crippen LogP contribution is -3.04. The summed E-state index contributed by atoms with van der Waals surface area (Å²) in [6.45, 7) is 6.81. The summed E-state index contributed by atoms with van der Waals surface area (Å²) in [5, 5.41) is 8.89. The Morgan fingerprint density at radius 1 is 1.16 bits per heavy atom. The van der Waals surface area contributed by atoms with Crippen molar-refractivity contribution in [1.82, 2.24) is 0 Å². The Morgan fingerprint density at radius 3 is 2.37 bits per heavy atom. The molecule has 1 rings (SSSR count). The zero-order valence-electron chi connectivity index (χ0n) is 12.7. The molecule has 0 spiro atoms. The van der Waals surface area contributed by atoms with Gasteiger partial charge >= 0.3 is 0 Å². The zero-order valence-corrected chi connectivity index (χ0v) is 12.7. The number of quaternary nitrogens is 1. The van der Waals surface area contributed by atoms with Crippen molar-refractivity contribution in [1.29, 1.82) is 0 Å². The zero-order chi connectivity index (χ0) is 14.5. The van der Waals surface area contributed by atoms with Crippen molar-refractivity contribution in [2.45, 2.75) is 65.7 Å². The van der Waals surface area contributed by atoms with Gasteiger partial charge in [-0.1, -0.05) is 33.1 Å². The van der Waals surface area contributed by atoms with Crippen molar-refractivity contribution >= 4 is 5.97 Å². The Balaban J connectivity index is 0.000000711. The van der Waals surface area contributed by atoms with Gasteiger partial charge < -0.3 is 9.90 Å². The lowest BCUT2D eigenvalue weighted by Gasteiger charge is -2.13. The number of allylic oxidation sites excluding steroid dienone is 3. The van der Waals surface area contributed by atoms with Gasteiger partial charge in [-0.25, -0.2) is 0 Å². The van der Waals surface area contributed by atoms with E-state index in [-0.39, 0.29) is 0 Å². The summed E-state index contributed by atoms with van der Waals surface area (Å²) in [5.74, 6) is -1.08. The molecule has 0 saturated heterocycles. The molecule has 1 N–H and O–H groups in total. The average Bonchev–Trinajstić information content (AvgIpc) is 2.76. The Kier molecular flexibility index (Phi) is 11.3. The standard InChI is InChI=1S/C14H25N.C2H4O2/c1-3-5-6-7-8-12-15-13-9-11-14(15)10-4-2;1-2(3)4/h9,11,13H,3-8,10,12H2,1-2H3;1H3,(H,3,4). The van der Waals surface area contributed by atoms with E-state index in [4.69, 9.17) is 9.90 Å². The number of carbonyl (C=O) groups excluding carboxylic acids is 1. The molecule has 0 aromatic rings. The van der Waals surface area contributed by atoms with E-state index in [1.165, 1.54) is 51.5 Å². The lowest BCUT2D eigenvalue weighted by atomic mass is 10.1. The average molecular weight is 267 g/mol. The van der Waals surface area contributed by atoms with Crippen molar-refractivity contribution in [3.63, 3.8) is 0 Å². The minimum Gasteiger partial charge on any atom is -0.550 e. The number of carboxylic acid groups (broad SMARTS) is 1. The topological polar surface area (TPSA) is 44.6 Å². The molecule has 0 bridgehead atoms. The predicted octanol–water partition coefficient (Wildman–Crippen LogP) is 1.81. The number of nitrogens with one attached hydrogen (secondary N) is 1. The number of aliphatic carboxylic acids is 1. The maximum absolute atomic E-state index is 8.89. The summed E-state index contributed by atoms with van der Waals surface area (Å²) < 4.78 is 0. The highest BCUT2D eigenvalue weighted by molar-refractivity contribution is 5.60. The van der Waals surface area contributed by atoms with Crippen LogP contribution in [0.25, 0.3) is 0 Å². The summed E-state index contributed by atoms with van der Waals surface area (Å²) in [4.78, 5) is 10.5. The van der Waals surface area contributed by atoms with Gasteiger partial charge in [0, 0.05) is 18.5 Å². The fourth-order valence-corrected chi connectivity index (χ4v) is 2.17. The van der Waals surface area contributed by atoms with Crippen molar-refractivity contribution in [2.75, 3.05) is 6.54 Å². The maximum Gasteiger partial charge on any atom is 0.112 e. The third-order valence-corrected chi connectivity index (χ3v) is 3.08. The van der Waals surface area contributed by atoms with E-state index < -0.39 is 5.97 Å². The maximum atomic E-state index is 8.89. The third-order valence-electron chi connectivity index (χ3n) is 3.08. The van der Waals surface area contributed by atoms with Crippen molar-refractivity contribution < 1.29 is 14.8 Å². The molecule has 1 unspecified atom stereocenters. The Bertz CT molecular complexity index is 291. The summed E-state index contributed by atoms with van der Waals surface area (Å²) in [7, 11) is 0. The molecule has 1 heterocycles. The molecule has 0 radical (unpaired) electrons. The number of carboxylic acids is 1. The molecule has 3 nitrogen and oxygen atoms in total. The van der Waals surface area contributed by atoms with E-state index in [9.17, 15) is 0 Å². The quantitative estimate of drug-likeness (QED) is 0.682.